The van der Waals surface area contributed by atoms with Crippen LogP contribution in [0, 0.1) is 51.7 Å². The van der Waals surface area contributed by atoms with E-state index >= 15 is 0 Å². The van der Waals surface area contributed by atoms with Gasteiger partial charge in [-0.3, -0.25) is 4.79 Å². The first-order valence-corrected chi connectivity index (χ1v) is 20.2. The number of carbonyl (C=O) groups excluding carboxylic acids is 1. The Morgan fingerprint density at radius 1 is 0.667 bits per heavy atom. The smallest absolute Gasteiger partial charge is 0.364 e. The minimum Gasteiger partial charge on any atom is -0.477 e. The largest absolute Gasteiger partial charge is 0.477 e. The van der Waals surface area contributed by atoms with E-state index in [1.807, 2.05) is 112 Å². The summed E-state index contributed by atoms with van der Waals surface area (Å²) in [5, 5.41) is 26.1. The van der Waals surface area contributed by atoms with Crippen molar-refractivity contribution in [3.63, 3.8) is 0 Å². The average Bonchev–Trinajstić information content (AvgIpc) is 3.10. The molecule has 16 nitrogen and oxygen atoms in total. The van der Waals surface area contributed by atoms with Gasteiger partial charge in [0.2, 0.25) is 11.8 Å². The Morgan fingerprint density at radius 2 is 1.08 bits per heavy atom. The lowest BCUT2D eigenvalue weighted by atomic mass is 10.1. The van der Waals surface area contributed by atoms with Crippen molar-refractivity contribution in [1.29, 1.82) is 0 Å². The molecule has 4 N–H and O–H groups in total. The number of benzene rings is 2. The summed E-state index contributed by atoms with van der Waals surface area (Å²) in [5.74, 6) is -0.672. The van der Waals surface area contributed by atoms with Gasteiger partial charge in [0.05, 0.1) is 0 Å². The number of sulfonamides is 1. The summed E-state index contributed by atoms with van der Waals surface area (Å²) in [6.45, 7) is 23.4. The zero-order chi connectivity index (χ0) is 44.9. The maximum Gasteiger partial charge on any atom is 0.364 e. The summed E-state index contributed by atoms with van der Waals surface area (Å²) < 4.78 is 39.4. The number of amides is 1. The summed E-state index contributed by atoms with van der Waals surface area (Å²) in [6.07, 6.45) is 0. The molecule has 0 atom stereocenters. The fourth-order valence-electron chi connectivity index (χ4n) is 6.01. The van der Waals surface area contributed by atoms with E-state index in [0.717, 1.165) is 51.6 Å². The van der Waals surface area contributed by atoms with E-state index in [-0.39, 0.29) is 34.0 Å². The number of hydrogen-bond acceptors (Lipinski definition) is 13. The molecular weight excluding hydrogens is 791 g/mol. The summed E-state index contributed by atoms with van der Waals surface area (Å²) in [7, 11) is -4.53. The van der Waals surface area contributed by atoms with E-state index in [1.165, 1.54) is 18.2 Å². The number of hydrogen-bond donors (Lipinski definition) is 4. The Labute approximate surface area is 350 Å². The van der Waals surface area contributed by atoms with Gasteiger partial charge in [-0.2, -0.15) is 18.4 Å². The van der Waals surface area contributed by atoms with Crippen LogP contribution in [0.1, 0.15) is 95.6 Å². The van der Waals surface area contributed by atoms with Crippen LogP contribution < -0.4 is 24.8 Å². The van der Waals surface area contributed by atoms with Gasteiger partial charge in [-0.15, -0.1) is 0 Å². The number of rotatable bonds is 11. The molecule has 0 spiro atoms. The van der Waals surface area contributed by atoms with Gasteiger partial charge in [0.1, 0.15) is 34.3 Å². The molecule has 0 aliphatic heterocycles. The van der Waals surface area contributed by atoms with Crippen LogP contribution in [0.4, 0.5) is 17.5 Å². The number of nitrogens with zero attached hydrogens (tertiary/aromatic N) is 4. The fourth-order valence-corrected chi connectivity index (χ4v) is 6.94. The van der Waals surface area contributed by atoms with Crippen molar-refractivity contribution < 1.29 is 37.5 Å². The molecule has 0 bridgehead atoms. The zero-order valence-corrected chi connectivity index (χ0v) is 36.6. The van der Waals surface area contributed by atoms with Crippen LogP contribution in [0.15, 0.2) is 71.8 Å². The quantitative estimate of drug-likeness (QED) is 0.0719. The third-order valence-electron chi connectivity index (χ3n) is 8.21. The summed E-state index contributed by atoms with van der Waals surface area (Å²) in [4.78, 5) is 47.0. The first-order valence-electron chi connectivity index (χ1n) is 18.7. The van der Waals surface area contributed by atoms with Gasteiger partial charge in [0.15, 0.2) is 0 Å². The molecule has 60 heavy (non-hydrogen) atoms. The minimum atomic E-state index is -4.53. The number of pyridine rings is 3. The summed E-state index contributed by atoms with van der Waals surface area (Å²) in [5.41, 5.74) is 5.02. The first kappa shape index (κ1) is 46.1. The van der Waals surface area contributed by atoms with Crippen LogP contribution in [0.5, 0.6) is 23.3 Å². The SMILES string of the molecule is Cc1cc(C)c(Oc2nc(NC(C)(C)C)ccc2C(=O)NS(=O)(=O)c2cccc([N+](=O)[O-])n2)c(C)c1.Cc1cc(C)c(Oc2nc(NC(C)(C)C)ccc2C(=O)O)c(C)c1. The predicted molar refractivity (Wildman–Crippen MR) is 229 cm³/mol. The standard InChI is InChI=1S/C24H27N5O6S.C19H24N2O3/c1-14-12-15(2)21(16(3)13-14)35-23-17(10-11-18(25-23)27-24(4,5)6)22(30)28-36(33,34)20-9-7-8-19(26-20)29(31)32;1-11-9-12(2)16(13(3)10-11)24-17-14(18(22)23)7-8-15(20-17)21-19(4,5)6/h7-13H,1-6H3,(H,25,27)(H,28,30);7-10H,1-6H3,(H,20,21)(H,22,23). The molecule has 0 saturated carbocycles. The molecule has 3 aromatic heterocycles. The molecule has 3 heterocycles. The van der Waals surface area contributed by atoms with E-state index in [2.05, 4.69) is 25.6 Å². The van der Waals surface area contributed by atoms with Gasteiger partial charge in [-0.25, -0.2) is 9.52 Å². The number of carbonyl (C=O) groups is 2. The highest BCUT2D eigenvalue weighted by molar-refractivity contribution is 7.90. The Balaban J connectivity index is 0.000000287. The number of nitrogens with one attached hydrogen (secondary N) is 3. The second-order valence-corrected chi connectivity index (χ2v) is 18.0. The molecule has 1 amide bonds. The van der Waals surface area contributed by atoms with E-state index in [9.17, 15) is 33.2 Å². The first-order chi connectivity index (χ1) is 27.7. The average molecular weight is 842 g/mol. The molecule has 0 aliphatic rings. The molecule has 0 unspecified atom stereocenters. The number of aromatic nitrogens is 3. The van der Waals surface area contributed by atoms with E-state index in [4.69, 9.17) is 9.47 Å². The van der Waals surface area contributed by atoms with Gasteiger partial charge >= 0.3 is 21.8 Å². The van der Waals surface area contributed by atoms with E-state index < -0.39 is 37.7 Å². The molecule has 0 radical (unpaired) electrons. The van der Waals surface area contributed by atoms with Crippen molar-refractivity contribution in [1.82, 2.24) is 19.7 Å². The Kier molecular flexibility index (Phi) is 13.9. The molecule has 2 aromatic carbocycles. The highest BCUT2D eigenvalue weighted by Gasteiger charge is 2.29. The molecular formula is C43H51N7O9S. The lowest BCUT2D eigenvalue weighted by Gasteiger charge is -2.22. The van der Waals surface area contributed by atoms with Gasteiger partial charge in [-0.05, 0) is 146 Å². The number of carboxylic acid groups (broad SMARTS) is 1. The van der Waals surface area contributed by atoms with Crippen molar-refractivity contribution >= 4 is 39.4 Å². The molecule has 5 aromatic rings. The van der Waals surface area contributed by atoms with Crippen LogP contribution in [0.2, 0.25) is 0 Å². The van der Waals surface area contributed by atoms with Crippen LogP contribution in [-0.4, -0.2) is 56.4 Å². The number of carboxylic acids is 1. The monoisotopic (exact) mass is 841 g/mol. The van der Waals surface area contributed by atoms with Crippen molar-refractivity contribution in [2.24, 2.45) is 0 Å². The van der Waals surface area contributed by atoms with Crippen molar-refractivity contribution in [3.05, 3.63) is 121 Å². The maximum atomic E-state index is 13.1. The molecule has 0 fully saturated rings. The number of aryl methyl sites for hydroxylation is 6. The number of aromatic carboxylic acids is 1. The van der Waals surface area contributed by atoms with Crippen molar-refractivity contribution in [3.8, 4) is 23.3 Å². The summed E-state index contributed by atoms with van der Waals surface area (Å²) in [6, 6.07) is 17.2. The van der Waals surface area contributed by atoms with Crippen LogP contribution in [-0.2, 0) is 10.0 Å². The van der Waals surface area contributed by atoms with E-state index in [0.29, 0.717) is 23.1 Å². The predicted octanol–water partition coefficient (Wildman–Crippen LogP) is 9.14. The second-order valence-electron chi connectivity index (χ2n) is 16.3. The van der Waals surface area contributed by atoms with Gasteiger partial charge in [0, 0.05) is 23.2 Å². The normalized spacial score (nSPS) is 11.5. The Hall–Kier alpha value is -6.62. The van der Waals surface area contributed by atoms with Crippen molar-refractivity contribution in [2.75, 3.05) is 10.6 Å². The maximum absolute atomic E-state index is 13.1. The third kappa shape index (κ3) is 12.4. The number of nitro groups is 1. The van der Waals surface area contributed by atoms with Crippen LogP contribution in [0.25, 0.3) is 0 Å². The lowest BCUT2D eigenvalue weighted by Crippen LogP contribution is -2.32. The molecule has 0 aliphatic carbocycles. The Morgan fingerprint density at radius 3 is 1.48 bits per heavy atom. The highest BCUT2D eigenvalue weighted by atomic mass is 32.2. The van der Waals surface area contributed by atoms with E-state index in [1.54, 1.807) is 6.07 Å². The topological polar surface area (TPSA) is 225 Å². The van der Waals surface area contributed by atoms with Crippen molar-refractivity contribution in [2.45, 2.75) is 99.2 Å². The molecule has 318 valence electrons. The van der Waals surface area contributed by atoms with Gasteiger partial charge < -0.3 is 35.3 Å². The van der Waals surface area contributed by atoms with Gasteiger partial charge in [-0.1, -0.05) is 35.4 Å². The fraction of sp³-hybridized carbons (Fsp3) is 0.326. The lowest BCUT2D eigenvalue weighted by molar-refractivity contribution is -0.390. The minimum absolute atomic E-state index is 0.0360. The van der Waals surface area contributed by atoms with Gasteiger partial charge in [0.25, 0.3) is 10.9 Å². The highest BCUT2D eigenvalue weighted by Crippen LogP contribution is 2.34. The molecule has 5 rings (SSSR count). The summed E-state index contributed by atoms with van der Waals surface area (Å²) >= 11 is 0. The Bertz CT molecular complexity index is 2520. The number of ether oxygens (including phenoxy) is 2. The van der Waals surface area contributed by atoms with Crippen LogP contribution >= 0.6 is 0 Å². The molecule has 17 heteroatoms. The van der Waals surface area contributed by atoms with Crippen LogP contribution in [0.3, 0.4) is 0 Å². The third-order valence-corrected chi connectivity index (χ3v) is 9.44. The number of anilines is 2. The molecule has 0 saturated heterocycles. The zero-order valence-electron chi connectivity index (χ0n) is 35.8. The second kappa shape index (κ2) is 18.1.